The molecule has 102 valence electrons. The average Bonchev–Trinajstić information content (AvgIpc) is 2.35. The molecule has 0 aromatic heterocycles. The Balaban J connectivity index is 2.16. The molecule has 0 amide bonds. The number of likely N-dealkylation sites (tertiary alicyclic amines) is 1. The lowest BCUT2D eigenvalue weighted by Crippen LogP contribution is -2.40. The first kappa shape index (κ1) is 14.9. The molecule has 3 heteroatoms. The number of unbranched alkanes of at least 4 members (excludes halogenated alkanes) is 1. The van der Waals surface area contributed by atoms with E-state index < -0.39 is 5.60 Å². The van der Waals surface area contributed by atoms with Crippen molar-refractivity contribution < 1.29 is 5.11 Å². The van der Waals surface area contributed by atoms with Crippen molar-refractivity contribution in [1.29, 1.82) is 0 Å². The van der Waals surface area contributed by atoms with Gasteiger partial charge in [0.2, 0.25) is 0 Å². The number of piperidine rings is 1. The van der Waals surface area contributed by atoms with Crippen molar-refractivity contribution in [3.63, 3.8) is 0 Å². The maximum Gasteiger partial charge on any atom is 0.0741 e. The lowest BCUT2D eigenvalue weighted by atomic mass is 9.97. The maximum atomic E-state index is 9.82. The predicted molar refractivity (Wildman–Crippen MR) is 73.0 cm³/mol. The summed E-state index contributed by atoms with van der Waals surface area (Å²) in [6, 6.07) is 0.804. The SMILES string of the molecule is CCC1CCCCN1CCCCC(C)(O)CN. The summed E-state index contributed by atoms with van der Waals surface area (Å²) >= 11 is 0. The first-order chi connectivity index (χ1) is 8.09. The fraction of sp³-hybridized carbons (Fsp3) is 1.00. The quantitative estimate of drug-likeness (QED) is 0.672. The van der Waals surface area contributed by atoms with Crippen LogP contribution < -0.4 is 5.73 Å². The Morgan fingerprint density at radius 2 is 2.12 bits per heavy atom. The van der Waals surface area contributed by atoms with Crippen LogP contribution in [0.15, 0.2) is 0 Å². The highest BCUT2D eigenvalue weighted by atomic mass is 16.3. The van der Waals surface area contributed by atoms with Gasteiger partial charge in [0.1, 0.15) is 0 Å². The van der Waals surface area contributed by atoms with E-state index in [1.807, 2.05) is 6.92 Å². The van der Waals surface area contributed by atoms with Crippen molar-refractivity contribution in [2.45, 2.75) is 70.4 Å². The minimum atomic E-state index is -0.661. The molecule has 1 aliphatic heterocycles. The minimum Gasteiger partial charge on any atom is -0.389 e. The fourth-order valence-corrected chi connectivity index (χ4v) is 2.74. The van der Waals surface area contributed by atoms with Gasteiger partial charge in [-0.3, -0.25) is 0 Å². The third-order valence-electron chi connectivity index (χ3n) is 4.07. The van der Waals surface area contributed by atoms with Gasteiger partial charge in [0, 0.05) is 12.6 Å². The second kappa shape index (κ2) is 7.34. The highest BCUT2D eigenvalue weighted by molar-refractivity contribution is 4.77. The molecule has 1 aliphatic rings. The van der Waals surface area contributed by atoms with Gasteiger partial charge < -0.3 is 15.7 Å². The molecule has 0 radical (unpaired) electrons. The minimum absolute atomic E-state index is 0.369. The molecule has 0 aliphatic carbocycles. The molecule has 3 N–H and O–H groups in total. The standard InChI is InChI=1S/C14H30N2O/c1-3-13-8-4-6-10-16(13)11-7-5-9-14(2,17)12-15/h13,17H,3-12,15H2,1-2H3. The van der Waals surface area contributed by atoms with Gasteiger partial charge in [0.05, 0.1) is 5.60 Å². The molecular formula is C14H30N2O. The zero-order valence-corrected chi connectivity index (χ0v) is 11.6. The topological polar surface area (TPSA) is 49.5 Å². The average molecular weight is 242 g/mol. The number of rotatable bonds is 7. The summed E-state index contributed by atoms with van der Waals surface area (Å²) < 4.78 is 0. The molecule has 3 nitrogen and oxygen atoms in total. The number of hydrogen-bond donors (Lipinski definition) is 2. The molecule has 1 rings (SSSR count). The third-order valence-corrected chi connectivity index (χ3v) is 4.07. The van der Waals surface area contributed by atoms with Crippen molar-refractivity contribution in [1.82, 2.24) is 4.90 Å². The Bertz CT molecular complexity index is 206. The zero-order chi connectivity index (χ0) is 12.7. The van der Waals surface area contributed by atoms with Crippen molar-refractivity contribution in [3.05, 3.63) is 0 Å². The molecule has 0 spiro atoms. The van der Waals surface area contributed by atoms with Crippen LogP contribution in [0.5, 0.6) is 0 Å². The number of nitrogens with two attached hydrogens (primary N) is 1. The van der Waals surface area contributed by atoms with Gasteiger partial charge in [0.25, 0.3) is 0 Å². The van der Waals surface area contributed by atoms with Gasteiger partial charge in [-0.1, -0.05) is 13.3 Å². The molecule has 1 heterocycles. The van der Waals surface area contributed by atoms with Crippen LogP contribution in [0.4, 0.5) is 0 Å². The number of nitrogens with zero attached hydrogens (tertiary/aromatic N) is 1. The lowest BCUT2D eigenvalue weighted by Gasteiger charge is -2.35. The van der Waals surface area contributed by atoms with Crippen LogP contribution in [0, 0.1) is 0 Å². The van der Waals surface area contributed by atoms with Crippen molar-refractivity contribution in [2.24, 2.45) is 5.73 Å². The molecule has 0 aromatic carbocycles. The Labute approximate surface area is 106 Å². The summed E-state index contributed by atoms with van der Waals surface area (Å²) in [4.78, 5) is 2.64. The first-order valence-corrected chi connectivity index (χ1v) is 7.25. The van der Waals surface area contributed by atoms with Crippen LogP contribution in [0.1, 0.15) is 58.8 Å². The first-order valence-electron chi connectivity index (χ1n) is 7.25. The molecule has 0 aromatic rings. The van der Waals surface area contributed by atoms with Gasteiger partial charge in [-0.2, -0.15) is 0 Å². The Morgan fingerprint density at radius 3 is 2.76 bits per heavy atom. The van der Waals surface area contributed by atoms with Gasteiger partial charge in [-0.25, -0.2) is 0 Å². The van der Waals surface area contributed by atoms with Crippen LogP contribution in [0.2, 0.25) is 0 Å². The Morgan fingerprint density at radius 1 is 1.35 bits per heavy atom. The van der Waals surface area contributed by atoms with Gasteiger partial charge in [-0.15, -0.1) is 0 Å². The molecule has 2 atom stereocenters. The zero-order valence-electron chi connectivity index (χ0n) is 11.6. The number of aliphatic hydroxyl groups is 1. The summed E-state index contributed by atoms with van der Waals surface area (Å²) in [6.07, 6.45) is 8.50. The molecular weight excluding hydrogens is 212 g/mol. The fourth-order valence-electron chi connectivity index (χ4n) is 2.74. The smallest absolute Gasteiger partial charge is 0.0741 e. The molecule has 17 heavy (non-hydrogen) atoms. The summed E-state index contributed by atoms with van der Waals surface area (Å²) in [6.45, 7) is 6.96. The van der Waals surface area contributed by atoms with E-state index in [1.54, 1.807) is 0 Å². The predicted octanol–water partition coefficient (Wildman–Crippen LogP) is 2.13. The van der Waals surface area contributed by atoms with Crippen molar-refractivity contribution in [2.75, 3.05) is 19.6 Å². The highest BCUT2D eigenvalue weighted by Gasteiger charge is 2.21. The van der Waals surface area contributed by atoms with E-state index >= 15 is 0 Å². The summed E-state index contributed by atoms with van der Waals surface area (Å²) in [5.74, 6) is 0. The van der Waals surface area contributed by atoms with E-state index in [0.717, 1.165) is 18.9 Å². The van der Waals surface area contributed by atoms with E-state index in [-0.39, 0.29) is 0 Å². The van der Waals surface area contributed by atoms with E-state index in [4.69, 9.17) is 5.73 Å². The normalized spacial score (nSPS) is 25.8. The summed E-state index contributed by atoms with van der Waals surface area (Å²) in [7, 11) is 0. The largest absolute Gasteiger partial charge is 0.389 e. The molecule has 1 fully saturated rings. The van der Waals surface area contributed by atoms with Gasteiger partial charge in [-0.05, 0) is 58.5 Å². The van der Waals surface area contributed by atoms with Crippen molar-refractivity contribution >= 4 is 0 Å². The highest BCUT2D eigenvalue weighted by Crippen LogP contribution is 2.20. The second-order valence-corrected chi connectivity index (χ2v) is 5.75. The lowest BCUT2D eigenvalue weighted by molar-refractivity contribution is 0.0550. The van der Waals surface area contributed by atoms with Gasteiger partial charge >= 0.3 is 0 Å². The monoisotopic (exact) mass is 242 g/mol. The summed E-state index contributed by atoms with van der Waals surface area (Å²) in [5, 5.41) is 9.82. The van der Waals surface area contributed by atoms with Crippen LogP contribution >= 0.6 is 0 Å². The molecule has 2 unspecified atom stereocenters. The third kappa shape index (κ3) is 5.36. The molecule has 0 saturated carbocycles. The van der Waals surface area contributed by atoms with Crippen LogP contribution in [0.25, 0.3) is 0 Å². The molecule has 0 bridgehead atoms. The second-order valence-electron chi connectivity index (χ2n) is 5.75. The Kier molecular flexibility index (Phi) is 6.45. The van der Waals surface area contributed by atoms with Crippen LogP contribution in [-0.2, 0) is 0 Å². The van der Waals surface area contributed by atoms with Crippen molar-refractivity contribution in [3.8, 4) is 0 Å². The maximum absolute atomic E-state index is 9.82. The van der Waals surface area contributed by atoms with Gasteiger partial charge in [0.15, 0.2) is 0 Å². The van der Waals surface area contributed by atoms with Crippen LogP contribution in [0.3, 0.4) is 0 Å². The summed E-state index contributed by atoms with van der Waals surface area (Å²) in [5.41, 5.74) is 4.85. The van der Waals surface area contributed by atoms with E-state index in [2.05, 4.69) is 11.8 Å². The molecule has 1 saturated heterocycles. The van der Waals surface area contributed by atoms with E-state index in [1.165, 1.54) is 45.2 Å². The Hall–Kier alpha value is -0.120. The van der Waals surface area contributed by atoms with E-state index in [0.29, 0.717) is 6.54 Å². The van der Waals surface area contributed by atoms with E-state index in [9.17, 15) is 5.11 Å². The number of hydrogen-bond acceptors (Lipinski definition) is 3. The van der Waals surface area contributed by atoms with Crippen LogP contribution in [-0.4, -0.2) is 41.3 Å².